The Morgan fingerprint density at radius 1 is 1.33 bits per heavy atom. The maximum Gasteiger partial charge on any atom is 0.124 e. The quantitative estimate of drug-likeness (QED) is 0.787. The van der Waals surface area contributed by atoms with Crippen molar-refractivity contribution >= 4 is 0 Å². The summed E-state index contributed by atoms with van der Waals surface area (Å²) in [6, 6.07) is 7.79. The highest BCUT2D eigenvalue weighted by molar-refractivity contribution is 5.39. The number of aliphatic hydroxyl groups is 2. The highest BCUT2D eigenvalue weighted by Gasteiger charge is 2.51. The Balaban J connectivity index is 1.98. The molecule has 116 valence electrons. The summed E-state index contributed by atoms with van der Waals surface area (Å²) < 4.78 is 5.48. The molecule has 1 aromatic rings. The van der Waals surface area contributed by atoms with Gasteiger partial charge in [-0.3, -0.25) is 0 Å². The van der Waals surface area contributed by atoms with Gasteiger partial charge in [-0.15, -0.1) is 0 Å². The number of rotatable bonds is 4. The standard InChI is InChI=1S/C17H25NO3/c1-21-16-5-3-2-4-14(16)17(20)9-12(6-7-19)8-13-10-18-11-15(13)17/h2-5,12-13,15,18-20H,6-11H2,1H3. The van der Waals surface area contributed by atoms with Crippen LogP contribution in [0.4, 0.5) is 0 Å². The molecule has 3 rings (SSSR count). The number of ether oxygens (including phenoxy) is 1. The molecule has 1 aromatic carbocycles. The smallest absolute Gasteiger partial charge is 0.124 e. The van der Waals surface area contributed by atoms with Gasteiger partial charge in [0.2, 0.25) is 0 Å². The summed E-state index contributed by atoms with van der Waals surface area (Å²) in [6.45, 7) is 2.01. The molecule has 0 radical (unpaired) electrons. The summed E-state index contributed by atoms with van der Waals surface area (Å²) in [5.74, 6) is 1.83. The van der Waals surface area contributed by atoms with Gasteiger partial charge in [-0.05, 0) is 43.7 Å². The molecule has 0 spiro atoms. The fraction of sp³-hybridized carbons (Fsp3) is 0.647. The number of hydrogen-bond acceptors (Lipinski definition) is 4. The van der Waals surface area contributed by atoms with Crippen LogP contribution in [0.3, 0.4) is 0 Å². The summed E-state index contributed by atoms with van der Waals surface area (Å²) in [7, 11) is 1.65. The van der Waals surface area contributed by atoms with Gasteiger partial charge in [0.15, 0.2) is 0 Å². The molecule has 4 nitrogen and oxygen atoms in total. The molecule has 0 bridgehead atoms. The van der Waals surface area contributed by atoms with Crippen LogP contribution in [-0.2, 0) is 5.60 Å². The van der Waals surface area contributed by atoms with E-state index >= 15 is 0 Å². The molecule has 1 saturated heterocycles. The van der Waals surface area contributed by atoms with Crippen molar-refractivity contribution in [2.24, 2.45) is 17.8 Å². The van der Waals surface area contributed by atoms with Crippen LogP contribution in [0.5, 0.6) is 5.75 Å². The first kappa shape index (κ1) is 14.8. The molecule has 1 saturated carbocycles. The maximum absolute atomic E-state index is 11.5. The molecule has 1 heterocycles. The number of para-hydroxylation sites is 1. The van der Waals surface area contributed by atoms with Gasteiger partial charge in [0, 0.05) is 24.6 Å². The Morgan fingerprint density at radius 2 is 2.14 bits per heavy atom. The van der Waals surface area contributed by atoms with E-state index in [1.54, 1.807) is 7.11 Å². The molecule has 0 aromatic heterocycles. The molecule has 1 aliphatic heterocycles. The number of hydrogen-bond donors (Lipinski definition) is 3. The van der Waals surface area contributed by atoms with Crippen LogP contribution in [0.2, 0.25) is 0 Å². The van der Waals surface area contributed by atoms with Gasteiger partial charge in [-0.2, -0.15) is 0 Å². The number of methoxy groups -OCH3 is 1. The Hall–Kier alpha value is -1.10. The van der Waals surface area contributed by atoms with Gasteiger partial charge >= 0.3 is 0 Å². The molecule has 1 aliphatic carbocycles. The second-order valence-corrected chi connectivity index (χ2v) is 6.47. The molecular weight excluding hydrogens is 266 g/mol. The summed E-state index contributed by atoms with van der Waals surface area (Å²) in [6.07, 6.45) is 2.56. The molecule has 21 heavy (non-hydrogen) atoms. The molecular formula is C17H25NO3. The number of benzene rings is 1. The lowest BCUT2D eigenvalue weighted by Gasteiger charge is -2.45. The van der Waals surface area contributed by atoms with Crippen LogP contribution < -0.4 is 10.1 Å². The predicted octanol–water partition coefficient (Wildman–Crippen LogP) is 1.51. The molecule has 4 heteroatoms. The first-order chi connectivity index (χ1) is 10.2. The molecule has 3 N–H and O–H groups in total. The fourth-order valence-corrected chi connectivity index (χ4v) is 4.36. The van der Waals surface area contributed by atoms with Crippen LogP contribution >= 0.6 is 0 Å². The van der Waals surface area contributed by atoms with Crippen molar-refractivity contribution in [1.82, 2.24) is 5.32 Å². The monoisotopic (exact) mass is 291 g/mol. The van der Waals surface area contributed by atoms with E-state index in [2.05, 4.69) is 5.32 Å². The average molecular weight is 291 g/mol. The van der Waals surface area contributed by atoms with Crippen molar-refractivity contribution in [3.63, 3.8) is 0 Å². The number of nitrogens with one attached hydrogen (secondary N) is 1. The second kappa shape index (κ2) is 5.95. The summed E-state index contributed by atoms with van der Waals surface area (Å²) in [5.41, 5.74) is 0.0348. The van der Waals surface area contributed by atoms with E-state index in [-0.39, 0.29) is 12.5 Å². The lowest BCUT2D eigenvalue weighted by Crippen LogP contribution is -2.46. The van der Waals surface area contributed by atoms with Crippen molar-refractivity contribution in [2.75, 3.05) is 26.8 Å². The first-order valence-corrected chi connectivity index (χ1v) is 7.86. The van der Waals surface area contributed by atoms with E-state index in [0.29, 0.717) is 18.3 Å². The molecule has 2 aliphatic rings. The van der Waals surface area contributed by atoms with E-state index < -0.39 is 5.60 Å². The summed E-state index contributed by atoms with van der Waals surface area (Å²) in [5, 5.41) is 24.2. The molecule has 2 fully saturated rings. The second-order valence-electron chi connectivity index (χ2n) is 6.47. The van der Waals surface area contributed by atoms with E-state index in [1.165, 1.54) is 0 Å². The Morgan fingerprint density at radius 3 is 2.90 bits per heavy atom. The van der Waals surface area contributed by atoms with E-state index in [0.717, 1.165) is 37.2 Å². The van der Waals surface area contributed by atoms with E-state index in [4.69, 9.17) is 4.74 Å². The van der Waals surface area contributed by atoms with Gasteiger partial charge < -0.3 is 20.3 Å². The van der Waals surface area contributed by atoms with Gasteiger partial charge in [-0.25, -0.2) is 0 Å². The lowest BCUT2D eigenvalue weighted by molar-refractivity contribution is -0.0866. The summed E-state index contributed by atoms with van der Waals surface area (Å²) >= 11 is 0. The van der Waals surface area contributed by atoms with Crippen molar-refractivity contribution in [3.05, 3.63) is 29.8 Å². The van der Waals surface area contributed by atoms with Gasteiger partial charge in [0.25, 0.3) is 0 Å². The van der Waals surface area contributed by atoms with E-state index in [9.17, 15) is 10.2 Å². The van der Waals surface area contributed by atoms with Crippen LogP contribution in [-0.4, -0.2) is 37.0 Å². The Bertz CT molecular complexity index is 493. The third-order valence-electron chi connectivity index (χ3n) is 5.30. The van der Waals surface area contributed by atoms with Crippen LogP contribution in [0.15, 0.2) is 24.3 Å². The number of aliphatic hydroxyl groups excluding tert-OH is 1. The molecule has 0 amide bonds. The van der Waals surface area contributed by atoms with Crippen LogP contribution in [0, 0.1) is 17.8 Å². The van der Waals surface area contributed by atoms with Crippen molar-refractivity contribution in [2.45, 2.75) is 24.9 Å². The lowest BCUT2D eigenvalue weighted by atomic mass is 9.63. The minimum absolute atomic E-state index is 0.192. The van der Waals surface area contributed by atoms with Gasteiger partial charge in [0.1, 0.15) is 5.75 Å². The topological polar surface area (TPSA) is 61.7 Å². The largest absolute Gasteiger partial charge is 0.496 e. The third kappa shape index (κ3) is 2.56. The van der Waals surface area contributed by atoms with Crippen LogP contribution in [0.1, 0.15) is 24.8 Å². The van der Waals surface area contributed by atoms with E-state index in [1.807, 2.05) is 24.3 Å². The predicted molar refractivity (Wildman–Crippen MR) is 81.2 cm³/mol. The van der Waals surface area contributed by atoms with Crippen molar-refractivity contribution in [3.8, 4) is 5.75 Å². The number of fused-ring (bicyclic) bond motifs is 1. The fourth-order valence-electron chi connectivity index (χ4n) is 4.36. The highest BCUT2D eigenvalue weighted by atomic mass is 16.5. The molecule has 4 atom stereocenters. The minimum atomic E-state index is -0.862. The Labute approximate surface area is 126 Å². The van der Waals surface area contributed by atoms with Crippen molar-refractivity contribution in [1.29, 1.82) is 0 Å². The molecule has 4 unspecified atom stereocenters. The maximum atomic E-state index is 11.5. The van der Waals surface area contributed by atoms with Crippen LogP contribution in [0.25, 0.3) is 0 Å². The first-order valence-electron chi connectivity index (χ1n) is 7.86. The van der Waals surface area contributed by atoms with Crippen molar-refractivity contribution < 1.29 is 14.9 Å². The summed E-state index contributed by atoms with van der Waals surface area (Å²) in [4.78, 5) is 0. The van der Waals surface area contributed by atoms with Gasteiger partial charge in [-0.1, -0.05) is 18.2 Å². The SMILES string of the molecule is COc1ccccc1C1(O)CC(CCO)CC2CNCC21. The Kier molecular flexibility index (Phi) is 4.20. The minimum Gasteiger partial charge on any atom is -0.496 e. The zero-order chi connectivity index (χ0) is 14.9. The van der Waals surface area contributed by atoms with Gasteiger partial charge in [0.05, 0.1) is 12.7 Å². The average Bonchev–Trinajstić information content (AvgIpc) is 2.97. The highest BCUT2D eigenvalue weighted by Crippen LogP contribution is 2.51. The normalized spacial score (nSPS) is 35.5. The zero-order valence-electron chi connectivity index (χ0n) is 12.6. The zero-order valence-corrected chi connectivity index (χ0v) is 12.6. The third-order valence-corrected chi connectivity index (χ3v) is 5.30.